The van der Waals surface area contributed by atoms with Crippen molar-refractivity contribution >= 4 is 34.4 Å². The van der Waals surface area contributed by atoms with Gasteiger partial charge in [-0.3, -0.25) is 4.79 Å². The molecule has 0 amide bonds. The molecule has 3 aromatic rings. The Morgan fingerprint density at radius 2 is 1.88 bits per heavy atom. The molecule has 24 heavy (non-hydrogen) atoms. The Balaban J connectivity index is 0.000000526. The second-order valence-corrected chi connectivity index (χ2v) is 5.28. The first-order valence-corrected chi connectivity index (χ1v) is 7.46. The molecule has 0 bridgehead atoms. The number of halogens is 2. The van der Waals surface area contributed by atoms with E-state index in [9.17, 15) is 8.78 Å². The average Bonchev–Trinajstić information content (AvgIpc) is 3.22. The molecule has 6 nitrogen and oxygen atoms in total. The summed E-state index contributed by atoms with van der Waals surface area (Å²) in [6.45, 7) is 1.37. The van der Waals surface area contributed by atoms with E-state index in [-0.39, 0.29) is 6.47 Å². The highest BCUT2D eigenvalue weighted by Crippen LogP contribution is 2.35. The average molecular weight is 335 g/mol. The molecule has 4 rings (SSSR count). The number of carbonyl (C=O) groups is 1. The largest absolute Gasteiger partial charge is 0.483 e. The summed E-state index contributed by atoms with van der Waals surface area (Å²) in [7, 11) is 0. The van der Waals surface area contributed by atoms with Crippen LogP contribution in [-0.2, 0) is 4.79 Å². The molecule has 0 aliphatic carbocycles. The van der Waals surface area contributed by atoms with Crippen molar-refractivity contribution in [2.75, 3.05) is 18.0 Å². The van der Waals surface area contributed by atoms with Crippen LogP contribution in [0, 0.1) is 0 Å². The van der Waals surface area contributed by atoms with Crippen LogP contribution in [0.4, 0.5) is 14.6 Å². The van der Waals surface area contributed by atoms with E-state index >= 15 is 0 Å². The van der Waals surface area contributed by atoms with E-state index in [4.69, 9.17) is 14.3 Å². The number of nitrogens with zero attached hydrogens (tertiary/aromatic N) is 3. The summed E-state index contributed by atoms with van der Waals surface area (Å²) in [6, 6.07) is 7.34. The molecule has 0 unspecified atom stereocenters. The monoisotopic (exact) mass is 335 g/mol. The van der Waals surface area contributed by atoms with E-state index in [0.29, 0.717) is 22.5 Å². The lowest BCUT2D eigenvalue weighted by Crippen LogP contribution is -2.20. The molecule has 126 valence electrons. The standard InChI is InChI=1S/C15H13F2N3O.CH2O2/c16-13(17)14-18-11-9-5-1-2-6-10(9)21-12(11)15(19-14)20-7-3-4-8-20;2-1-3/h1-2,5-6,13H,3-4,7-8H2;1H,(H,2,3). The van der Waals surface area contributed by atoms with Gasteiger partial charge in [0.1, 0.15) is 11.1 Å². The second kappa shape index (κ2) is 6.77. The van der Waals surface area contributed by atoms with Gasteiger partial charge in [-0.1, -0.05) is 12.1 Å². The predicted octanol–water partition coefficient (Wildman–Crippen LogP) is 3.61. The van der Waals surface area contributed by atoms with Gasteiger partial charge in [0.2, 0.25) is 0 Å². The molecule has 0 atom stereocenters. The molecule has 0 saturated carbocycles. The number of fused-ring (bicyclic) bond motifs is 3. The van der Waals surface area contributed by atoms with E-state index in [1.807, 2.05) is 29.2 Å². The Kier molecular flexibility index (Phi) is 4.54. The number of para-hydroxylation sites is 1. The summed E-state index contributed by atoms with van der Waals surface area (Å²) >= 11 is 0. The van der Waals surface area contributed by atoms with E-state index in [2.05, 4.69) is 9.97 Å². The number of rotatable bonds is 2. The van der Waals surface area contributed by atoms with Crippen LogP contribution in [0.5, 0.6) is 0 Å². The third-order valence-electron chi connectivity index (χ3n) is 3.82. The maximum absolute atomic E-state index is 13.1. The van der Waals surface area contributed by atoms with Gasteiger partial charge in [-0.05, 0) is 25.0 Å². The quantitative estimate of drug-likeness (QED) is 0.721. The molecule has 8 heteroatoms. The zero-order valence-electron chi connectivity index (χ0n) is 12.7. The normalized spacial score (nSPS) is 14.2. The first-order chi connectivity index (χ1) is 11.7. The third-order valence-corrected chi connectivity index (χ3v) is 3.82. The molecule has 0 spiro atoms. The predicted molar refractivity (Wildman–Crippen MR) is 84.4 cm³/mol. The summed E-state index contributed by atoms with van der Waals surface area (Å²) in [5.74, 6) is 0.0555. The van der Waals surface area contributed by atoms with Crippen LogP contribution < -0.4 is 4.90 Å². The van der Waals surface area contributed by atoms with Gasteiger partial charge < -0.3 is 14.4 Å². The number of hydrogen-bond acceptors (Lipinski definition) is 5. The lowest BCUT2D eigenvalue weighted by molar-refractivity contribution is -0.122. The van der Waals surface area contributed by atoms with Crippen LogP contribution >= 0.6 is 0 Å². The Morgan fingerprint density at radius 3 is 2.54 bits per heavy atom. The number of alkyl halides is 2. The summed E-state index contributed by atoms with van der Waals surface area (Å²) in [5, 5.41) is 7.64. The van der Waals surface area contributed by atoms with Crippen LogP contribution in [0.15, 0.2) is 28.7 Å². The van der Waals surface area contributed by atoms with Crippen molar-refractivity contribution in [1.82, 2.24) is 9.97 Å². The number of furan rings is 1. The van der Waals surface area contributed by atoms with Crippen LogP contribution in [0.25, 0.3) is 22.1 Å². The van der Waals surface area contributed by atoms with Crippen LogP contribution in [-0.4, -0.2) is 34.6 Å². The van der Waals surface area contributed by atoms with Crippen molar-refractivity contribution in [3.8, 4) is 0 Å². The highest BCUT2D eigenvalue weighted by atomic mass is 19.3. The highest BCUT2D eigenvalue weighted by Gasteiger charge is 2.24. The topological polar surface area (TPSA) is 79.5 Å². The Labute approximate surface area is 135 Å². The molecule has 1 saturated heterocycles. The minimum atomic E-state index is -2.69. The Bertz CT molecular complexity index is 860. The van der Waals surface area contributed by atoms with Crippen LogP contribution in [0.1, 0.15) is 25.1 Å². The summed E-state index contributed by atoms with van der Waals surface area (Å²) in [4.78, 5) is 18.4. The van der Waals surface area contributed by atoms with Gasteiger partial charge in [0, 0.05) is 18.5 Å². The maximum Gasteiger partial charge on any atom is 0.297 e. The smallest absolute Gasteiger partial charge is 0.297 e. The fraction of sp³-hybridized carbons (Fsp3) is 0.312. The number of anilines is 1. The molecular formula is C16H15F2N3O3. The zero-order valence-corrected chi connectivity index (χ0v) is 12.7. The highest BCUT2D eigenvalue weighted by molar-refractivity contribution is 6.05. The summed E-state index contributed by atoms with van der Waals surface area (Å²) < 4.78 is 32.0. The molecular weight excluding hydrogens is 320 g/mol. The minimum absolute atomic E-state index is 0.250. The fourth-order valence-electron chi connectivity index (χ4n) is 2.83. The molecule has 1 aliphatic rings. The van der Waals surface area contributed by atoms with Crippen molar-refractivity contribution in [1.29, 1.82) is 0 Å². The van der Waals surface area contributed by atoms with Crippen molar-refractivity contribution < 1.29 is 23.1 Å². The number of hydrogen-bond donors (Lipinski definition) is 1. The lowest BCUT2D eigenvalue weighted by Gasteiger charge is -2.16. The van der Waals surface area contributed by atoms with Gasteiger partial charge in [0.15, 0.2) is 17.2 Å². The first-order valence-electron chi connectivity index (χ1n) is 7.46. The number of benzene rings is 1. The molecule has 1 aromatic carbocycles. The van der Waals surface area contributed by atoms with Crippen molar-refractivity contribution in [2.24, 2.45) is 0 Å². The van der Waals surface area contributed by atoms with E-state index in [1.165, 1.54) is 0 Å². The molecule has 0 radical (unpaired) electrons. The minimum Gasteiger partial charge on any atom is -0.483 e. The molecule has 1 fully saturated rings. The van der Waals surface area contributed by atoms with Gasteiger partial charge in [0.25, 0.3) is 12.9 Å². The molecule has 3 heterocycles. The second-order valence-electron chi connectivity index (χ2n) is 5.28. The van der Waals surface area contributed by atoms with E-state index < -0.39 is 12.2 Å². The van der Waals surface area contributed by atoms with Crippen molar-refractivity contribution in [2.45, 2.75) is 19.3 Å². The van der Waals surface area contributed by atoms with Crippen molar-refractivity contribution in [3.05, 3.63) is 30.1 Å². The SMILES string of the molecule is FC(F)c1nc(N2CCCC2)c2oc3ccccc3c2n1.O=CO. The van der Waals surface area contributed by atoms with Gasteiger partial charge in [-0.25, -0.2) is 18.7 Å². The maximum atomic E-state index is 13.1. The zero-order chi connectivity index (χ0) is 17.1. The molecule has 2 aromatic heterocycles. The summed E-state index contributed by atoms with van der Waals surface area (Å²) in [5.41, 5.74) is 1.62. The van der Waals surface area contributed by atoms with Gasteiger partial charge in [-0.2, -0.15) is 0 Å². The first kappa shape index (κ1) is 16.1. The Hall–Kier alpha value is -2.77. The number of aromatic nitrogens is 2. The molecule has 1 N–H and O–H groups in total. The lowest BCUT2D eigenvalue weighted by atomic mass is 10.2. The summed E-state index contributed by atoms with van der Waals surface area (Å²) in [6.07, 6.45) is -0.615. The molecule has 1 aliphatic heterocycles. The van der Waals surface area contributed by atoms with Crippen LogP contribution in [0.2, 0.25) is 0 Å². The Morgan fingerprint density at radius 1 is 1.21 bits per heavy atom. The fourth-order valence-corrected chi connectivity index (χ4v) is 2.83. The number of carboxylic acid groups (broad SMARTS) is 1. The van der Waals surface area contributed by atoms with Gasteiger partial charge in [-0.15, -0.1) is 0 Å². The van der Waals surface area contributed by atoms with Crippen LogP contribution in [0.3, 0.4) is 0 Å². The third kappa shape index (κ3) is 2.86. The van der Waals surface area contributed by atoms with E-state index in [1.54, 1.807) is 0 Å². The van der Waals surface area contributed by atoms with Crippen molar-refractivity contribution in [3.63, 3.8) is 0 Å². The van der Waals surface area contributed by atoms with Gasteiger partial charge >= 0.3 is 0 Å². The van der Waals surface area contributed by atoms with E-state index in [0.717, 1.165) is 31.3 Å². The van der Waals surface area contributed by atoms with Gasteiger partial charge in [0.05, 0.1) is 0 Å².